The van der Waals surface area contributed by atoms with Crippen LogP contribution >= 0.6 is 0 Å². The van der Waals surface area contributed by atoms with Crippen LogP contribution in [0.5, 0.6) is 0 Å². The summed E-state index contributed by atoms with van der Waals surface area (Å²) in [6, 6.07) is 19.7. The van der Waals surface area contributed by atoms with E-state index in [0.29, 0.717) is 0 Å². The molecule has 0 radical (unpaired) electrons. The molecule has 0 aromatic heterocycles. The molecule has 1 aliphatic heterocycles. The van der Waals surface area contributed by atoms with E-state index in [1.807, 2.05) is 0 Å². The highest BCUT2D eigenvalue weighted by Crippen LogP contribution is 2.37. The van der Waals surface area contributed by atoms with Crippen LogP contribution in [0.4, 0.5) is 5.69 Å². The molecule has 1 heterocycles. The normalized spacial score (nSPS) is 22.7. The molecular formula is C26H21NO10. The monoisotopic (exact) mass is 507 g/mol. The summed E-state index contributed by atoms with van der Waals surface area (Å²) in [5.74, 6) is -5.84. The maximum absolute atomic E-state index is 13.4. The van der Waals surface area contributed by atoms with Crippen LogP contribution in [0.25, 0.3) is 0 Å². The van der Waals surface area contributed by atoms with Crippen LogP contribution in [0.2, 0.25) is 0 Å². The van der Waals surface area contributed by atoms with Crippen molar-refractivity contribution in [2.75, 3.05) is 6.61 Å². The van der Waals surface area contributed by atoms with Crippen LogP contribution in [0.1, 0.15) is 31.1 Å². The summed E-state index contributed by atoms with van der Waals surface area (Å²) in [4.78, 5) is 49.4. The van der Waals surface area contributed by atoms with Crippen molar-refractivity contribution in [3.8, 4) is 0 Å². The van der Waals surface area contributed by atoms with Gasteiger partial charge in [-0.25, -0.2) is 9.59 Å². The Morgan fingerprint density at radius 1 is 0.838 bits per heavy atom. The molecule has 3 aromatic carbocycles. The average molecular weight is 507 g/mol. The second kappa shape index (κ2) is 10.7. The van der Waals surface area contributed by atoms with Gasteiger partial charge in [-0.05, 0) is 36.4 Å². The molecule has 0 saturated carbocycles. The van der Waals surface area contributed by atoms with Gasteiger partial charge in [0, 0.05) is 17.7 Å². The molecule has 190 valence electrons. The molecule has 0 bridgehead atoms. The second-order valence-electron chi connectivity index (χ2n) is 8.10. The molecule has 2 N–H and O–H groups in total. The summed E-state index contributed by atoms with van der Waals surface area (Å²) in [7, 11) is 0. The molecule has 3 aromatic rings. The number of carbonyl (C=O) groups is 3. The lowest BCUT2D eigenvalue weighted by Crippen LogP contribution is -2.52. The topological polar surface area (TPSA) is 162 Å². The number of hydrogen-bond donors (Lipinski definition) is 2. The van der Waals surface area contributed by atoms with Crippen molar-refractivity contribution in [1.29, 1.82) is 0 Å². The number of nitro benzene ring substituents is 1. The SMILES string of the molecule is O=C(O[C@H]1[C@@H](OC(=O)c2ccccc2)C(O)(C(=O)c2ccc([N+](=O)[O-])cc2)O[C@@H]1CO)c1ccccc1. The van der Waals surface area contributed by atoms with Gasteiger partial charge >= 0.3 is 11.9 Å². The summed E-state index contributed by atoms with van der Waals surface area (Å²) in [5, 5.41) is 32.3. The Balaban J connectivity index is 1.71. The third kappa shape index (κ3) is 5.23. The molecule has 1 fully saturated rings. The number of nitrogens with zero attached hydrogens (tertiary/aromatic N) is 1. The van der Waals surface area contributed by atoms with E-state index in [1.165, 1.54) is 24.3 Å². The van der Waals surface area contributed by atoms with E-state index in [4.69, 9.17) is 14.2 Å². The van der Waals surface area contributed by atoms with Crippen molar-refractivity contribution < 1.29 is 43.7 Å². The van der Waals surface area contributed by atoms with Gasteiger partial charge in [0.2, 0.25) is 11.9 Å². The van der Waals surface area contributed by atoms with E-state index in [9.17, 15) is 34.7 Å². The molecular weight excluding hydrogens is 486 g/mol. The summed E-state index contributed by atoms with van der Waals surface area (Å²) < 4.78 is 16.4. The summed E-state index contributed by atoms with van der Waals surface area (Å²) in [5.41, 5.74) is -0.302. The minimum Gasteiger partial charge on any atom is -0.452 e. The van der Waals surface area contributed by atoms with Gasteiger partial charge in [0.25, 0.3) is 11.5 Å². The molecule has 11 heteroatoms. The molecule has 0 aliphatic carbocycles. The number of benzene rings is 3. The number of Topliss-reactive ketones (excluding diaryl/α,β-unsaturated/α-hetero) is 1. The van der Waals surface area contributed by atoms with Crippen molar-refractivity contribution in [3.63, 3.8) is 0 Å². The van der Waals surface area contributed by atoms with Crippen molar-refractivity contribution in [2.24, 2.45) is 0 Å². The predicted octanol–water partition coefficient (Wildman–Crippen LogP) is 2.31. The number of rotatable bonds is 8. The Hall–Kier alpha value is -4.45. The van der Waals surface area contributed by atoms with Gasteiger partial charge in [-0.1, -0.05) is 36.4 Å². The van der Waals surface area contributed by atoms with Gasteiger partial charge in [0.05, 0.1) is 22.7 Å². The first-order valence-corrected chi connectivity index (χ1v) is 11.1. The zero-order valence-corrected chi connectivity index (χ0v) is 19.1. The second-order valence-corrected chi connectivity index (χ2v) is 8.10. The smallest absolute Gasteiger partial charge is 0.338 e. The van der Waals surface area contributed by atoms with E-state index in [-0.39, 0.29) is 22.4 Å². The molecule has 0 amide bonds. The maximum atomic E-state index is 13.4. The predicted molar refractivity (Wildman–Crippen MR) is 126 cm³/mol. The maximum Gasteiger partial charge on any atom is 0.338 e. The number of nitro groups is 1. The molecule has 1 unspecified atom stereocenters. The zero-order valence-electron chi connectivity index (χ0n) is 19.1. The number of aliphatic hydroxyl groups excluding tert-OH is 1. The van der Waals surface area contributed by atoms with Crippen LogP contribution in [0, 0.1) is 10.1 Å². The van der Waals surface area contributed by atoms with Gasteiger partial charge < -0.3 is 24.4 Å². The Bertz CT molecular complexity index is 1300. The highest BCUT2D eigenvalue weighted by atomic mass is 16.7. The molecule has 37 heavy (non-hydrogen) atoms. The van der Waals surface area contributed by atoms with Gasteiger partial charge in [0.15, 0.2) is 6.10 Å². The Kier molecular flexibility index (Phi) is 7.39. The fourth-order valence-corrected chi connectivity index (χ4v) is 3.86. The Labute approximate surface area is 210 Å². The minimum atomic E-state index is -2.89. The largest absolute Gasteiger partial charge is 0.452 e. The van der Waals surface area contributed by atoms with E-state index in [0.717, 1.165) is 24.3 Å². The fourth-order valence-electron chi connectivity index (χ4n) is 3.86. The van der Waals surface area contributed by atoms with Crippen LogP contribution in [0.15, 0.2) is 84.9 Å². The van der Waals surface area contributed by atoms with Crippen molar-refractivity contribution >= 4 is 23.4 Å². The Morgan fingerprint density at radius 3 is 1.84 bits per heavy atom. The summed E-state index contributed by atoms with van der Waals surface area (Å²) >= 11 is 0. The van der Waals surface area contributed by atoms with E-state index >= 15 is 0 Å². The average Bonchev–Trinajstić information content (AvgIpc) is 3.20. The number of carbonyl (C=O) groups excluding carboxylic acids is 3. The van der Waals surface area contributed by atoms with Crippen molar-refractivity contribution in [1.82, 2.24) is 0 Å². The van der Waals surface area contributed by atoms with E-state index in [2.05, 4.69) is 0 Å². The lowest BCUT2D eigenvalue weighted by Gasteiger charge is -2.28. The molecule has 1 saturated heterocycles. The zero-order chi connectivity index (χ0) is 26.6. The highest BCUT2D eigenvalue weighted by Gasteiger charge is 2.63. The minimum absolute atomic E-state index is 0.0771. The molecule has 0 spiro atoms. The van der Waals surface area contributed by atoms with Crippen molar-refractivity contribution in [2.45, 2.75) is 24.1 Å². The number of non-ortho nitro benzene ring substituents is 1. The first kappa shape index (κ1) is 25.6. The van der Waals surface area contributed by atoms with Gasteiger partial charge in [-0.3, -0.25) is 14.9 Å². The number of ketones is 1. The molecule has 4 rings (SSSR count). The molecule has 1 aliphatic rings. The van der Waals surface area contributed by atoms with Crippen LogP contribution in [-0.4, -0.2) is 63.6 Å². The Morgan fingerprint density at radius 2 is 1.35 bits per heavy atom. The number of ether oxygens (including phenoxy) is 3. The highest BCUT2D eigenvalue weighted by molar-refractivity contribution is 6.02. The number of aliphatic hydroxyl groups is 2. The fraction of sp³-hybridized carbons (Fsp3) is 0.192. The lowest BCUT2D eigenvalue weighted by molar-refractivity contribution is -0.384. The van der Waals surface area contributed by atoms with E-state index in [1.54, 1.807) is 36.4 Å². The van der Waals surface area contributed by atoms with Crippen LogP contribution in [0.3, 0.4) is 0 Å². The summed E-state index contributed by atoms with van der Waals surface area (Å²) in [6.07, 6.45) is -4.93. The number of esters is 2. The van der Waals surface area contributed by atoms with Gasteiger partial charge in [-0.2, -0.15) is 0 Å². The van der Waals surface area contributed by atoms with E-state index < -0.39 is 53.4 Å². The van der Waals surface area contributed by atoms with Crippen LogP contribution in [-0.2, 0) is 14.2 Å². The molecule has 11 nitrogen and oxygen atoms in total. The lowest BCUT2D eigenvalue weighted by atomic mass is 9.96. The first-order valence-electron chi connectivity index (χ1n) is 11.1. The third-order valence-corrected chi connectivity index (χ3v) is 5.72. The third-order valence-electron chi connectivity index (χ3n) is 5.72. The standard InChI is InChI=1S/C26H21NO10/c28-15-20-21(35-24(30)17-7-3-1-4-8-17)23(36-25(31)18-9-5-2-6-10-18)26(32,37-20)22(29)16-11-13-19(14-12-16)27(33)34/h1-14,20-21,23,28,32H,15H2/t20-,21-,23-,26?/m1/s1. The molecule has 4 atom stereocenters. The quantitative estimate of drug-likeness (QED) is 0.200. The number of hydrogen-bond acceptors (Lipinski definition) is 10. The van der Waals surface area contributed by atoms with Gasteiger partial charge in [0.1, 0.15) is 6.10 Å². The van der Waals surface area contributed by atoms with Crippen LogP contribution < -0.4 is 0 Å². The summed E-state index contributed by atoms with van der Waals surface area (Å²) in [6.45, 7) is -0.804. The van der Waals surface area contributed by atoms with Crippen molar-refractivity contribution in [3.05, 3.63) is 112 Å². The van der Waals surface area contributed by atoms with Gasteiger partial charge in [-0.15, -0.1) is 0 Å². The first-order chi connectivity index (χ1) is 17.7.